The molecule has 0 saturated heterocycles. The maximum absolute atomic E-state index is 4.81. The van der Waals surface area contributed by atoms with Crippen molar-refractivity contribution in [2.75, 3.05) is 0 Å². The molecule has 2 nitrogen and oxygen atoms in total. The molecule has 2 heteroatoms. The van der Waals surface area contributed by atoms with Crippen LogP contribution in [0, 0.1) is 5.41 Å². The van der Waals surface area contributed by atoms with Crippen molar-refractivity contribution in [3.63, 3.8) is 0 Å². The van der Waals surface area contributed by atoms with Crippen LogP contribution in [0.4, 0.5) is 0 Å². The Morgan fingerprint density at radius 3 is 2.71 bits per heavy atom. The number of pyridine rings is 1. The minimum absolute atomic E-state index is 0.206. The molecular weight excluding hydrogens is 208 g/mol. The van der Waals surface area contributed by atoms with Crippen LogP contribution in [-0.2, 0) is 11.8 Å². The van der Waals surface area contributed by atoms with E-state index < -0.39 is 0 Å². The molecule has 0 fully saturated rings. The third-order valence-corrected chi connectivity index (χ3v) is 3.81. The van der Waals surface area contributed by atoms with Gasteiger partial charge in [0.1, 0.15) is 5.65 Å². The third kappa shape index (κ3) is 1.58. The highest BCUT2D eigenvalue weighted by atomic mass is 15.0. The van der Waals surface area contributed by atoms with Gasteiger partial charge in [0.15, 0.2) is 0 Å². The van der Waals surface area contributed by atoms with Crippen LogP contribution in [0.5, 0.6) is 0 Å². The van der Waals surface area contributed by atoms with E-state index in [0.29, 0.717) is 5.41 Å². The van der Waals surface area contributed by atoms with Crippen molar-refractivity contribution in [1.82, 2.24) is 9.38 Å². The lowest BCUT2D eigenvalue weighted by molar-refractivity contribution is 0.224. The first-order chi connectivity index (χ1) is 7.89. The molecule has 0 atom stereocenters. The van der Waals surface area contributed by atoms with E-state index in [-0.39, 0.29) is 5.41 Å². The number of nitrogens with zero attached hydrogens (tertiary/aromatic N) is 2. The van der Waals surface area contributed by atoms with Gasteiger partial charge >= 0.3 is 0 Å². The minimum atomic E-state index is 0.206. The van der Waals surface area contributed by atoms with Crippen molar-refractivity contribution in [3.05, 3.63) is 35.8 Å². The second kappa shape index (κ2) is 3.12. The Bertz CT molecular complexity index is 576. The molecule has 2 aromatic rings. The maximum atomic E-state index is 4.81. The Labute approximate surface area is 103 Å². The van der Waals surface area contributed by atoms with Crippen LogP contribution in [0.1, 0.15) is 45.5 Å². The smallest absolute Gasteiger partial charge is 0.137 e. The van der Waals surface area contributed by atoms with Gasteiger partial charge in [-0.2, -0.15) is 0 Å². The normalized spacial score (nSPS) is 21.4. The van der Waals surface area contributed by atoms with E-state index in [9.17, 15) is 0 Å². The number of hydrogen-bond donors (Lipinski definition) is 0. The van der Waals surface area contributed by atoms with Crippen LogP contribution < -0.4 is 0 Å². The van der Waals surface area contributed by atoms with Crippen molar-refractivity contribution in [1.29, 1.82) is 0 Å². The predicted molar refractivity (Wildman–Crippen MR) is 70.3 cm³/mol. The van der Waals surface area contributed by atoms with Gasteiger partial charge in [0.2, 0.25) is 0 Å². The zero-order valence-corrected chi connectivity index (χ0v) is 11.1. The van der Waals surface area contributed by atoms with E-state index in [1.807, 2.05) is 0 Å². The Hall–Kier alpha value is -1.31. The molecule has 90 valence electrons. The Kier molecular flexibility index (Phi) is 1.99. The molecule has 0 spiro atoms. The van der Waals surface area contributed by atoms with Gasteiger partial charge in [-0.3, -0.25) is 0 Å². The van der Waals surface area contributed by atoms with Crippen LogP contribution in [0.15, 0.2) is 24.4 Å². The number of fused-ring (bicyclic) bond motifs is 3. The molecule has 0 bridgehead atoms. The maximum Gasteiger partial charge on any atom is 0.137 e. The minimum Gasteiger partial charge on any atom is -0.303 e. The lowest BCUT2D eigenvalue weighted by Crippen LogP contribution is -2.35. The molecule has 0 radical (unpaired) electrons. The Morgan fingerprint density at radius 2 is 1.94 bits per heavy atom. The summed E-state index contributed by atoms with van der Waals surface area (Å²) < 4.78 is 2.27. The van der Waals surface area contributed by atoms with Crippen molar-refractivity contribution < 1.29 is 0 Å². The number of rotatable bonds is 0. The van der Waals surface area contributed by atoms with Crippen molar-refractivity contribution >= 4 is 5.65 Å². The SMILES string of the molecule is CC1(C)Cc2nc3ccccn3c2C(C)(C)C1. The molecular formula is C15H20N2. The summed E-state index contributed by atoms with van der Waals surface area (Å²) in [6, 6.07) is 6.25. The van der Waals surface area contributed by atoms with Gasteiger partial charge in [0, 0.05) is 11.6 Å². The molecule has 2 heterocycles. The number of hydrogen-bond acceptors (Lipinski definition) is 1. The van der Waals surface area contributed by atoms with Crippen molar-refractivity contribution in [2.24, 2.45) is 5.41 Å². The highest BCUT2D eigenvalue weighted by Gasteiger charge is 2.40. The number of aromatic nitrogens is 2. The highest BCUT2D eigenvalue weighted by Crippen LogP contribution is 2.45. The molecule has 0 amide bonds. The van der Waals surface area contributed by atoms with Gasteiger partial charge in [-0.1, -0.05) is 33.8 Å². The molecule has 1 aliphatic carbocycles. The summed E-state index contributed by atoms with van der Waals surface area (Å²) in [6.45, 7) is 9.38. The van der Waals surface area contributed by atoms with Gasteiger partial charge in [-0.15, -0.1) is 0 Å². The second-order valence-electron chi connectivity index (χ2n) is 6.74. The summed E-state index contributed by atoms with van der Waals surface area (Å²) in [7, 11) is 0. The first kappa shape index (κ1) is 10.8. The third-order valence-electron chi connectivity index (χ3n) is 3.81. The van der Waals surface area contributed by atoms with Crippen LogP contribution in [0.2, 0.25) is 0 Å². The van der Waals surface area contributed by atoms with Gasteiger partial charge in [0.25, 0.3) is 0 Å². The topological polar surface area (TPSA) is 17.3 Å². The molecule has 1 aliphatic rings. The zero-order chi connectivity index (χ0) is 12.3. The van der Waals surface area contributed by atoms with E-state index in [1.165, 1.54) is 17.8 Å². The van der Waals surface area contributed by atoms with Gasteiger partial charge < -0.3 is 4.40 Å². The largest absolute Gasteiger partial charge is 0.303 e. The first-order valence-corrected chi connectivity index (χ1v) is 6.36. The molecule has 0 saturated carbocycles. The summed E-state index contributed by atoms with van der Waals surface area (Å²) >= 11 is 0. The molecule has 0 N–H and O–H groups in total. The van der Waals surface area contributed by atoms with Crippen LogP contribution in [-0.4, -0.2) is 9.38 Å². The summed E-state index contributed by atoms with van der Waals surface area (Å²) in [5.41, 5.74) is 4.35. The average molecular weight is 228 g/mol. The fraction of sp³-hybridized carbons (Fsp3) is 0.533. The standard InChI is InChI=1S/C15H20N2/c1-14(2)9-11-13(15(3,4)10-14)17-8-6-5-7-12(17)16-11/h5-8H,9-10H2,1-4H3. The zero-order valence-electron chi connectivity index (χ0n) is 11.1. The van der Waals surface area contributed by atoms with E-state index >= 15 is 0 Å². The van der Waals surface area contributed by atoms with E-state index in [0.717, 1.165) is 12.1 Å². The fourth-order valence-corrected chi connectivity index (χ4v) is 3.68. The van der Waals surface area contributed by atoms with Crippen LogP contribution in [0.25, 0.3) is 5.65 Å². The van der Waals surface area contributed by atoms with Crippen LogP contribution >= 0.6 is 0 Å². The van der Waals surface area contributed by atoms with Crippen molar-refractivity contribution in [3.8, 4) is 0 Å². The molecule has 0 unspecified atom stereocenters. The summed E-state index contributed by atoms with van der Waals surface area (Å²) in [5, 5.41) is 0. The van der Waals surface area contributed by atoms with Crippen LogP contribution in [0.3, 0.4) is 0 Å². The monoisotopic (exact) mass is 228 g/mol. The summed E-state index contributed by atoms with van der Waals surface area (Å²) in [4.78, 5) is 4.81. The Morgan fingerprint density at radius 1 is 1.18 bits per heavy atom. The predicted octanol–water partition coefficient (Wildman–Crippen LogP) is 3.58. The molecule has 17 heavy (non-hydrogen) atoms. The quantitative estimate of drug-likeness (QED) is 0.673. The lowest BCUT2D eigenvalue weighted by atomic mass is 9.66. The van der Waals surface area contributed by atoms with Gasteiger partial charge in [-0.25, -0.2) is 4.98 Å². The highest BCUT2D eigenvalue weighted by molar-refractivity contribution is 5.46. The molecule has 3 rings (SSSR count). The summed E-state index contributed by atoms with van der Waals surface area (Å²) in [6.07, 6.45) is 4.45. The number of imidazole rings is 1. The van der Waals surface area contributed by atoms with Gasteiger partial charge in [0.05, 0.1) is 11.4 Å². The van der Waals surface area contributed by atoms with Crippen molar-refractivity contribution in [2.45, 2.75) is 46.0 Å². The fourth-order valence-electron chi connectivity index (χ4n) is 3.68. The summed E-state index contributed by atoms with van der Waals surface area (Å²) in [5.74, 6) is 0. The average Bonchev–Trinajstić information content (AvgIpc) is 2.51. The molecule has 0 aliphatic heterocycles. The Balaban J connectivity index is 2.31. The second-order valence-corrected chi connectivity index (χ2v) is 6.74. The van der Waals surface area contributed by atoms with E-state index in [4.69, 9.17) is 4.98 Å². The van der Waals surface area contributed by atoms with Gasteiger partial charge in [-0.05, 0) is 30.4 Å². The van der Waals surface area contributed by atoms with E-state index in [1.54, 1.807) is 0 Å². The lowest BCUT2D eigenvalue weighted by Gasteiger charge is -2.40. The first-order valence-electron chi connectivity index (χ1n) is 6.36. The molecule has 0 aromatic carbocycles. The molecule has 2 aromatic heterocycles. The van der Waals surface area contributed by atoms with E-state index in [2.05, 4.69) is 56.5 Å².